The molecule has 0 fully saturated rings. The summed E-state index contributed by atoms with van der Waals surface area (Å²) in [6.45, 7) is 6.16. The van der Waals surface area contributed by atoms with E-state index < -0.39 is 0 Å². The Kier molecular flexibility index (Phi) is 5.69. The van der Waals surface area contributed by atoms with Crippen LogP contribution < -0.4 is 11.1 Å². The highest BCUT2D eigenvalue weighted by Gasteiger charge is 2.17. The zero-order valence-electron chi connectivity index (χ0n) is 11.6. The zero-order valence-corrected chi connectivity index (χ0v) is 11.6. The van der Waals surface area contributed by atoms with Crippen LogP contribution in [0.1, 0.15) is 45.1 Å². The second kappa shape index (κ2) is 7.04. The van der Waals surface area contributed by atoms with Gasteiger partial charge in [0.25, 0.3) is 0 Å². The Bertz CT molecular complexity index is 381. The van der Waals surface area contributed by atoms with Gasteiger partial charge in [-0.25, -0.2) is 0 Å². The van der Waals surface area contributed by atoms with Crippen molar-refractivity contribution >= 4 is 17.3 Å². The molecule has 0 bridgehead atoms. The number of unbranched alkanes of at least 4 members (excludes halogenated alkanes) is 1. The predicted molar refractivity (Wildman–Crippen MR) is 77.5 cm³/mol. The SMILES string of the molecule is CCCCC(CC)C(=O)Nc1c(C)cccc1N. The number of carbonyl (C=O) groups is 1. The molecule has 0 aliphatic heterocycles. The summed E-state index contributed by atoms with van der Waals surface area (Å²) in [5, 5.41) is 2.97. The van der Waals surface area contributed by atoms with Crippen molar-refractivity contribution in [1.82, 2.24) is 0 Å². The molecule has 3 nitrogen and oxygen atoms in total. The molecule has 0 radical (unpaired) electrons. The van der Waals surface area contributed by atoms with Gasteiger partial charge < -0.3 is 11.1 Å². The Balaban J connectivity index is 2.73. The summed E-state index contributed by atoms with van der Waals surface area (Å²) in [6.07, 6.45) is 4.04. The molecule has 0 aliphatic carbocycles. The summed E-state index contributed by atoms with van der Waals surface area (Å²) >= 11 is 0. The highest BCUT2D eigenvalue weighted by molar-refractivity contribution is 5.96. The first kappa shape index (κ1) is 14.6. The Hall–Kier alpha value is -1.51. The molecule has 100 valence electrons. The fourth-order valence-corrected chi connectivity index (χ4v) is 2.06. The lowest BCUT2D eigenvalue weighted by molar-refractivity contribution is -0.120. The number of anilines is 2. The summed E-state index contributed by atoms with van der Waals surface area (Å²) in [7, 11) is 0. The maximum Gasteiger partial charge on any atom is 0.227 e. The number of hydrogen-bond acceptors (Lipinski definition) is 2. The van der Waals surface area contributed by atoms with Crippen LogP contribution in [-0.4, -0.2) is 5.91 Å². The highest BCUT2D eigenvalue weighted by Crippen LogP contribution is 2.24. The molecule has 3 N–H and O–H groups in total. The topological polar surface area (TPSA) is 55.1 Å². The molecular formula is C15H24N2O. The van der Waals surface area contributed by atoms with Crippen LogP contribution in [0.4, 0.5) is 11.4 Å². The lowest BCUT2D eigenvalue weighted by atomic mass is 9.98. The predicted octanol–water partition coefficient (Wildman–Crippen LogP) is 3.73. The van der Waals surface area contributed by atoms with Gasteiger partial charge in [-0.1, -0.05) is 38.8 Å². The second-order valence-corrected chi connectivity index (χ2v) is 4.78. The molecule has 1 rings (SSSR count). The van der Waals surface area contributed by atoms with Crippen LogP contribution in [0.15, 0.2) is 18.2 Å². The van der Waals surface area contributed by atoms with Crippen molar-refractivity contribution < 1.29 is 4.79 Å². The summed E-state index contributed by atoms with van der Waals surface area (Å²) < 4.78 is 0. The molecule has 1 aromatic rings. The first-order valence-corrected chi connectivity index (χ1v) is 6.76. The van der Waals surface area contributed by atoms with Crippen LogP contribution in [0, 0.1) is 12.8 Å². The van der Waals surface area contributed by atoms with Gasteiger partial charge in [0.05, 0.1) is 11.4 Å². The normalized spacial score (nSPS) is 12.2. The minimum atomic E-state index is 0.0870. The third-order valence-corrected chi connectivity index (χ3v) is 3.32. The fraction of sp³-hybridized carbons (Fsp3) is 0.533. The maximum absolute atomic E-state index is 12.2. The van der Waals surface area contributed by atoms with Crippen molar-refractivity contribution in [3.63, 3.8) is 0 Å². The first-order chi connectivity index (χ1) is 8.60. The summed E-state index contributed by atoms with van der Waals surface area (Å²) in [5.41, 5.74) is 8.30. The number of nitrogens with two attached hydrogens (primary N) is 1. The molecule has 1 amide bonds. The summed E-state index contributed by atoms with van der Waals surface area (Å²) in [4.78, 5) is 12.2. The molecule has 3 heteroatoms. The van der Waals surface area contributed by atoms with E-state index in [0.29, 0.717) is 5.69 Å². The second-order valence-electron chi connectivity index (χ2n) is 4.78. The third kappa shape index (κ3) is 3.76. The van der Waals surface area contributed by atoms with E-state index in [-0.39, 0.29) is 11.8 Å². The minimum Gasteiger partial charge on any atom is -0.397 e. The standard InChI is InChI=1S/C15H24N2O/c1-4-6-9-12(5-2)15(18)17-14-11(3)8-7-10-13(14)16/h7-8,10,12H,4-6,9,16H2,1-3H3,(H,17,18). The van der Waals surface area contributed by atoms with Crippen LogP contribution in [0.25, 0.3) is 0 Å². The molecule has 0 spiro atoms. The molecule has 0 aliphatic rings. The van der Waals surface area contributed by atoms with Crippen LogP contribution in [0.3, 0.4) is 0 Å². The molecule has 1 aromatic carbocycles. The summed E-state index contributed by atoms with van der Waals surface area (Å²) in [5.74, 6) is 0.177. The molecule has 0 aromatic heterocycles. The number of amides is 1. The number of hydrogen-bond donors (Lipinski definition) is 2. The number of para-hydroxylation sites is 1. The van der Waals surface area contributed by atoms with E-state index in [2.05, 4.69) is 19.2 Å². The molecule has 0 heterocycles. The van der Waals surface area contributed by atoms with Crippen LogP contribution >= 0.6 is 0 Å². The molecule has 0 saturated carbocycles. The molecule has 18 heavy (non-hydrogen) atoms. The van der Waals surface area contributed by atoms with Gasteiger partial charge in [-0.15, -0.1) is 0 Å². The van der Waals surface area contributed by atoms with Gasteiger partial charge in [-0.3, -0.25) is 4.79 Å². The van der Waals surface area contributed by atoms with E-state index in [1.165, 1.54) is 0 Å². The number of nitrogen functional groups attached to an aromatic ring is 1. The number of nitrogens with one attached hydrogen (secondary N) is 1. The fourth-order valence-electron chi connectivity index (χ4n) is 2.06. The highest BCUT2D eigenvalue weighted by atomic mass is 16.1. The van der Waals surface area contributed by atoms with E-state index in [0.717, 1.165) is 36.9 Å². The Morgan fingerprint density at radius 3 is 2.67 bits per heavy atom. The average Bonchev–Trinajstić information content (AvgIpc) is 2.35. The van der Waals surface area contributed by atoms with E-state index in [1.807, 2.05) is 25.1 Å². The number of aryl methyl sites for hydroxylation is 1. The largest absolute Gasteiger partial charge is 0.397 e. The smallest absolute Gasteiger partial charge is 0.227 e. The van der Waals surface area contributed by atoms with E-state index in [4.69, 9.17) is 5.73 Å². The molecule has 1 atom stereocenters. The number of rotatable bonds is 6. The minimum absolute atomic E-state index is 0.0870. The van der Waals surface area contributed by atoms with Gasteiger partial charge in [-0.2, -0.15) is 0 Å². The van der Waals surface area contributed by atoms with E-state index >= 15 is 0 Å². The quantitative estimate of drug-likeness (QED) is 0.754. The van der Waals surface area contributed by atoms with Gasteiger partial charge in [0.2, 0.25) is 5.91 Å². The summed E-state index contributed by atoms with van der Waals surface area (Å²) in [6, 6.07) is 5.67. The van der Waals surface area contributed by atoms with Gasteiger partial charge in [0.1, 0.15) is 0 Å². The van der Waals surface area contributed by atoms with Crippen LogP contribution in [0.2, 0.25) is 0 Å². The third-order valence-electron chi connectivity index (χ3n) is 3.32. The van der Waals surface area contributed by atoms with Crippen molar-refractivity contribution in [1.29, 1.82) is 0 Å². The monoisotopic (exact) mass is 248 g/mol. The Morgan fingerprint density at radius 2 is 2.11 bits per heavy atom. The lowest BCUT2D eigenvalue weighted by Gasteiger charge is -2.17. The van der Waals surface area contributed by atoms with Gasteiger partial charge >= 0.3 is 0 Å². The average molecular weight is 248 g/mol. The molecular weight excluding hydrogens is 224 g/mol. The maximum atomic E-state index is 12.2. The Labute approximate surface area is 110 Å². The number of benzene rings is 1. The van der Waals surface area contributed by atoms with Crippen molar-refractivity contribution in [2.45, 2.75) is 46.5 Å². The molecule has 1 unspecified atom stereocenters. The van der Waals surface area contributed by atoms with Crippen molar-refractivity contribution in [3.05, 3.63) is 23.8 Å². The van der Waals surface area contributed by atoms with E-state index in [1.54, 1.807) is 0 Å². The van der Waals surface area contributed by atoms with Gasteiger partial charge in [0.15, 0.2) is 0 Å². The van der Waals surface area contributed by atoms with Crippen molar-refractivity contribution in [2.24, 2.45) is 5.92 Å². The van der Waals surface area contributed by atoms with Crippen LogP contribution in [-0.2, 0) is 4.79 Å². The van der Waals surface area contributed by atoms with Gasteiger partial charge in [0, 0.05) is 5.92 Å². The van der Waals surface area contributed by atoms with Gasteiger partial charge in [-0.05, 0) is 31.4 Å². The molecule has 0 saturated heterocycles. The Morgan fingerprint density at radius 1 is 1.39 bits per heavy atom. The lowest BCUT2D eigenvalue weighted by Crippen LogP contribution is -2.23. The van der Waals surface area contributed by atoms with Crippen molar-refractivity contribution in [2.75, 3.05) is 11.1 Å². The van der Waals surface area contributed by atoms with Crippen molar-refractivity contribution in [3.8, 4) is 0 Å². The zero-order chi connectivity index (χ0) is 13.5. The van der Waals surface area contributed by atoms with E-state index in [9.17, 15) is 4.79 Å². The first-order valence-electron chi connectivity index (χ1n) is 6.76. The van der Waals surface area contributed by atoms with Crippen LogP contribution in [0.5, 0.6) is 0 Å². The number of carbonyl (C=O) groups excluding carboxylic acids is 1.